The van der Waals surface area contributed by atoms with Crippen molar-refractivity contribution >= 4 is 5.82 Å². The lowest BCUT2D eigenvalue weighted by molar-refractivity contribution is 0.479. The number of hydrogen-bond acceptors (Lipinski definition) is 4. The number of hydrogen-bond donors (Lipinski definition) is 2. The highest BCUT2D eigenvalue weighted by Gasteiger charge is 2.13. The Hall–Kier alpha value is -3.26. The van der Waals surface area contributed by atoms with Gasteiger partial charge < -0.3 is 10.5 Å². The van der Waals surface area contributed by atoms with Gasteiger partial charge in [0.1, 0.15) is 23.1 Å². The zero-order valence-corrected chi connectivity index (χ0v) is 12.0. The van der Waals surface area contributed by atoms with Crippen LogP contribution in [-0.4, -0.2) is 10.2 Å². The molecule has 0 aliphatic rings. The van der Waals surface area contributed by atoms with E-state index in [9.17, 15) is 0 Å². The fraction of sp³-hybridized carbons (Fsp3) is 0.0588. The summed E-state index contributed by atoms with van der Waals surface area (Å²) >= 11 is 0. The zero-order chi connectivity index (χ0) is 15.5. The number of nitrogens with one attached hydrogen (secondary N) is 1. The Labute approximate surface area is 128 Å². The van der Waals surface area contributed by atoms with Crippen LogP contribution >= 0.6 is 0 Å². The van der Waals surface area contributed by atoms with Crippen LogP contribution in [0, 0.1) is 18.3 Å². The van der Waals surface area contributed by atoms with Crippen molar-refractivity contribution in [3.63, 3.8) is 0 Å². The van der Waals surface area contributed by atoms with E-state index in [4.69, 9.17) is 15.7 Å². The molecule has 0 bridgehead atoms. The number of aromatic amines is 1. The van der Waals surface area contributed by atoms with Crippen molar-refractivity contribution in [2.24, 2.45) is 0 Å². The van der Waals surface area contributed by atoms with Gasteiger partial charge >= 0.3 is 0 Å². The lowest BCUT2D eigenvalue weighted by Crippen LogP contribution is -1.90. The van der Waals surface area contributed by atoms with Gasteiger partial charge in [0.05, 0.1) is 5.69 Å². The second-order valence-corrected chi connectivity index (χ2v) is 4.87. The quantitative estimate of drug-likeness (QED) is 0.771. The van der Waals surface area contributed by atoms with Gasteiger partial charge in [-0.25, -0.2) is 0 Å². The molecule has 5 nitrogen and oxygen atoms in total. The van der Waals surface area contributed by atoms with Crippen LogP contribution in [0.3, 0.4) is 0 Å². The molecule has 3 N–H and O–H groups in total. The number of nitrogens with two attached hydrogens (primary N) is 1. The molecule has 5 heteroatoms. The minimum atomic E-state index is 0.208. The van der Waals surface area contributed by atoms with Gasteiger partial charge in [0.2, 0.25) is 0 Å². The third kappa shape index (κ3) is 2.50. The van der Waals surface area contributed by atoms with E-state index in [-0.39, 0.29) is 5.82 Å². The smallest absolute Gasteiger partial charge is 0.163 e. The number of aryl methyl sites for hydroxylation is 1. The first-order chi connectivity index (χ1) is 10.7. The Morgan fingerprint density at radius 1 is 1.18 bits per heavy atom. The Morgan fingerprint density at radius 3 is 2.64 bits per heavy atom. The fourth-order valence-electron chi connectivity index (χ4n) is 2.21. The molecule has 3 aromatic rings. The average molecular weight is 290 g/mol. The monoisotopic (exact) mass is 290 g/mol. The zero-order valence-electron chi connectivity index (χ0n) is 12.0. The maximum absolute atomic E-state index is 9.15. The van der Waals surface area contributed by atoms with Gasteiger partial charge in [-0.3, -0.25) is 5.10 Å². The van der Waals surface area contributed by atoms with Crippen molar-refractivity contribution in [3.05, 3.63) is 59.7 Å². The molecule has 0 amide bonds. The Kier molecular flexibility index (Phi) is 3.50. The highest BCUT2D eigenvalue weighted by Crippen LogP contribution is 2.31. The summed E-state index contributed by atoms with van der Waals surface area (Å²) in [6.07, 6.45) is 0. The predicted molar refractivity (Wildman–Crippen MR) is 84.4 cm³/mol. The van der Waals surface area contributed by atoms with E-state index in [1.54, 1.807) is 0 Å². The Balaban J connectivity index is 1.94. The van der Waals surface area contributed by atoms with E-state index in [0.717, 1.165) is 22.6 Å². The molecule has 0 saturated heterocycles. The van der Waals surface area contributed by atoms with Crippen LogP contribution in [0.1, 0.15) is 11.1 Å². The van der Waals surface area contributed by atoms with Gasteiger partial charge in [0, 0.05) is 5.56 Å². The normalized spacial score (nSPS) is 10.2. The summed E-state index contributed by atoms with van der Waals surface area (Å²) in [7, 11) is 0. The van der Waals surface area contributed by atoms with Gasteiger partial charge in [-0.15, -0.1) is 0 Å². The van der Waals surface area contributed by atoms with E-state index >= 15 is 0 Å². The van der Waals surface area contributed by atoms with E-state index in [1.165, 1.54) is 0 Å². The predicted octanol–water partition coefficient (Wildman–Crippen LogP) is 3.63. The molecule has 2 aromatic carbocycles. The summed E-state index contributed by atoms with van der Waals surface area (Å²) in [5.74, 6) is 1.75. The molecule has 0 aliphatic heterocycles. The molecule has 0 spiro atoms. The van der Waals surface area contributed by atoms with Crippen LogP contribution in [0.4, 0.5) is 5.82 Å². The highest BCUT2D eigenvalue weighted by atomic mass is 16.5. The number of ether oxygens (including phenoxy) is 1. The minimum Gasteiger partial charge on any atom is -0.457 e. The molecule has 0 fully saturated rings. The molecule has 1 aromatic heterocycles. The Bertz CT molecular complexity index is 847. The van der Waals surface area contributed by atoms with Crippen molar-refractivity contribution in [1.82, 2.24) is 10.2 Å². The van der Waals surface area contributed by atoms with Gasteiger partial charge in [-0.05, 0) is 42.8 Å². The number of H-pyrrole nitrogens is 1. The summed E-state index contributed by atoms with van der Waals surface area (Å²) in [4.78, 5) is 0. The van der Waals surface area contributed by atoms with Crippen LogP contribution in [0.2, 0.25) is 0 Å². The van der Waals surface area contributed by atoms with E-state index in [0.29, 0.717) is 11.3 Å². The molecular weight excluding hydrogens is 276 g/mol. The van der Waals surface area contributed by atoms with Gasteiger partial charge in [-0.1, -0.05) is 18.2 Å². The standard InChI is InChI=1S/C17H14N4O/c1-11-9-12(16-14(10-18)17(19)21-20-16)7-8-15(11)22-13-5-3-2-4-6-13/h2-9H,1H3,(H3,19,20,21). The summed E-state index contributed by atoms with van der Waals surface area (Å²) < 4.78 is 5.85. The lowest BCUT2D eigenvalue weighted by atomic mass is 10.1. The molecule has 0 atom stereocenters. The van der Waals surface area contributed by atoms with Crippen molar-refractivity contribution in [2.45, 2.75) is 6.92 Å². The van der Waals surface area contributed by atoms with Crippen LogP contribution in [0.15, 0.2) is 48.5 Å². The molecule has 0 unspecified atom stereocenters. The molecule has 0 saturated carbocycles. The van der Waals surface area contributed by atoms with Crippen LogP contribution in [-0.2, 0) is 0 Å². The number of aromatic nitrogens is 2. The molecule has 108 valence electrons. The van der Waals surface area contributed by atoms with Crippen LogP contribution < -0.4 is 10.5 Å². The largest absolute Gasteiger partial charge is 0.457 e. The van der Waals surface area contributed by atoms with Crippen molar-refractivity contribution in [1.29, 1.82) is 5.26 Å². The lowest BCUT2D eigenvalue weighted by Gasteiger charge is -2.10. The topological polar surface area (TPSA) is 87.7 Å². The molecule has 3 rings (SSSR count). The van der Waals surface area contributed by atoms with Gasteiger partial charge in [-0.2, -0.15) is 10.4 Å². The number of anilines is 1. The summed E-state index contributed by atoms with van der Waals surface area (Å²) in [5, 5.41) is 15.8. The highest BCUT2D eigenvalue weighted by molar-refractivity contribution is 5.73. The third-order valence-corrected chi connectivity index (χ3v) is 3.34. The minimum absolute atomic E-state index is 0.208. The van der Waals surface area contributed by atoms with E-state index in [2.05, 4.69) is 16.3 Å². The van der Waals surface area contributed by atoms with Crippen LogP contribution in [0.25, 0.3) is 11.3 Å². The first-order valence-electron chi connectivity index (χ1n) is 6.77. The summed E-state index contributed by atoms with van der Waals surface area (Å²) in [6.45, 7) is 1.95. The first-order valence-corrected chi connectivity index (χ1v) is 6.77. The van der Waals surface area contributed by atoms with E-state index < -0.39 is 0 Å². The SMILES string of the molecule is Cc1cc(-c2[nH]nc(N)c2C#N)ccc1Oc1ccccc1. The fourth-order valence-corrected chi connectivity index (χ4v) is 2.21. The number of benzene rings is 2. The van der Waals surface area contributed by atoms with Crippen molar-refractivity contribution in [2.75, 3.05) is 5.73 Å². The third-order valence-electron chi connectivity index (χ3n) is 3.34. The van der Waals surface area contributed by atoms with Gasteiger partial charge in [0.15, 0.2) is 5.82 Å². The molecule has 0 radical (unpaired) electrons. The molecule has 1 heterocycles. The average Bonchev–Trinajstić information content (AvgIpc) is 2.91. The first kappa shape index (κ1) is 13.7. The number of nitrogens with zero attached hydrogens (tertiary/aromatic N) is 2. The number of nitriles is 1. The number of rotatable bonds is 3. The maximum atomic E-state index is 9.15. The van der Waals surface area contributed by atoms with E-state index in [1.807, 2.05) is 55.5 Å². The number of para-hydroxylation sites is 1. The Morgan fingerprint density at radius 2 is 1.95 bits per heavy atom. The van der Waals surface area contributed by atoms with Crippen LogP contribution in [0.5, 0.6) is 11.5 Å². The summed E-state index contributed by atoms with van der Waals surface area (Å²) in [6, 6.07) is 17.3. The second-order valence-electron chi connectivity index (χ2n) is 4.87. The van der Waals surface area contributed by atoms with Crippen molar-refractivity contribution in [3.8, 4) is 28.8 Å². The van der Waals surface area contributed by atoms with Crippen molar-refractivity contribution < 1.29 is 4.74 Å². The molecule has 22 heavy (non-hydrogen) atoms. The number of nitrogen functional groups attached to an aromatic ring is 1. The summed E-state index contributed by atoms with van der Waals surface area (Å²) in [5.41, 5.74) is 8.45. The second kappa shape index (κ2) is 5.62. The maximum Gasteiger partial charge on any atom is 0.163 e. The molecular formula is C17H14N4O. The molecule has 0 aliphatic carbocycles. The van der Waals surface area contributed by atoms with Gasteiger partial charge in [0.25, 0.3) is 0 Å².